The summed E-state index contributed by atoms with van der Waals surface area (Å²) >= 11 is 0. The van der Waals surface area contributed by atoms with E-state index < -0.39 is 0 Å². The SMILES string of the molecule is N#Cc1ccc(N2CCN[C@H]3CC[C@H]32)cn1. The Bertz CT molecular complexity index is 420. The number of pyridine rings is 1. The van der Waals surface area contributed by atoms with E-state index in [4.69, 9.17) is 5.26 Å². The van der Waals surface area contributed by atoms with Crippen LogP contribution in [0.15, 0.2) is 18.3 Å². The van der Waals surface area contributed by atoms with Crippen LogP contribution in [0.3, 0.4) is 0 Å². The highest BCUT2D eigenvalue weighted by atomic mass is 15.3. The zero-order valence-corrected chi connectivity index (χ0v) is 9.06. The molecular weight excluding hydrogens is 200 g/mol. The number of nitrogens with one attached hydrogen (secondary N) is 1. The van der Waals surface area contributed by atoms with Gasteiger partial charge in [-0.1, -0.05) is 0 Å². The van der Waals surface area contributed by atoms with Crippen LogP contribution in [0.1, 0.15) is 18.5 Å². The standard InChI is InChI=1S/C12H14N4/c13-7-9-1-2-10(8-15-9)16-6-5-14-11-3-4-12(11)16/h1-2,8,11-12,14H,3-6H2/t11-,12+/m0/s1. The molecule has 4 nitrogen and oxygen atoms in total. The highest BCUT2D eigenvalue weighted by molar-refractivity contribution is 5.48. The normalized spacial score (nSPS) is 27.8. The largest absolute Gasteiger partial charge is 0.364 e. The minimum absolute atomic E-state index is 0.490. The number of anilines is 1. The number of nitriles is 1. The molecule has 0 radical (unpaired) electrons. The van der Waals surface area contributed by atoms with Gasteiger partial charge in [0.1, 0.15) is 11.8 Å². The molecule has 1 aliphatic carbocycles. The maximum Gasteiger partial charge on any atom is 0.140 e. The molecule has 0 bridgehead atoms. The zero-order valence-electron chi connectivity index (χ0n) is 9.06. The summed E-state index contributed by atoms with van der Waals surface area (Å²) < 4.78 is 0. The zero-order chi connectivity index (χ0) is 11.0. The Kier molecular flexibility index (Phi) is 2.26. The Hall–Kier alpha value is -1.60. The van der Waals surface area contributed by atoms with Gasteiger partial charge in [0, 0.05) is 25.2 Å². The summed E-state index contributed by atoms with van der Waals surface area (Å²) in [6.07, 6.45) is 4.36. The first-order valence-corrected chi connectivity index (χ1v) is 5.74. The lowest BCUT2D eigenvalue weighted by atomic mass is 9.83. The second kappa shape index (κ2) is 3.76. The molecule has 2 atom stereocenters. The molecule has 0 aromatic carbocycles. The number of hydrogen-bond acceptors (Lipinski definition) is 4. The number of piperazine rings is 1. The Labute approximate surface area is 94.9 Å². The van der Waals surface area contributed by atoms with E-state index in [1.165, 1.54) is 12.8 Å². The second-order valence-corrected chi connectivity index (χ2v) is 4.41. The van der Waals surface area contributed by atoms with Gasteiger partial charge in [-0.2, -0.15) is 5.26 Å². The lowest BCUT2D eigenvalue weighted by molar-refractivity contribution is 0.240. The lowest BCUT2D eigenvalue weighted by Gasteiger charge is -2.49. The predicted molar refractivity (Wildman–Crippen MR) is 61.1 cm³/mol. The molecule has 2 fully saturated rings. The van der Waals surface area contributed by atoms with Crippen LogP contribution in [0, 0.1) is 11.3 Å². The molecule has 1 saturated heterocycles. The van der Waals surface area contributed by atoms with E-state index in [1.54, 1.807) is 6.07 Å². The Morgan fingerprint density at radius 1 is 1.44 bits per heavy atom. The molecule has 1 saturated carbocycles. The first-order valence-electron chi connectivity index (χ1n) is 5.74. The van der Waals surface area contributed by atoms with Crippen LogP contribution < -0.4 is 10.2 Å². The van der Waals surface area contributed by atoms with Gasteiger partial charge in [0.25, 0.3) is 0 Å². The maximum absolute atomic E-state index is 8.71. The minimum atomic E-state index is 0.490. The van der Waals surface area contributed by atoms with Gasteiger partial charge < -0.3 is 10.2 Å². The van der Waals surface area contributed by atoms with E-state index in [0.717, 1.165) is 18.8 Å². The summed E-state index contributed by atoms with van der Waals surface area (Å²) in [7, 11) is 0. The quantitative estimate of drug-likeness (QED) is 0.754. The fourth-order valence-corrected chi connectivity index (χ4v) is 2.57. The summed E-state index contributed by atoms with van der Waals surface area (Å²) in [4.78, 5) is 6.55. The van der Waals surface area contributed by atoms with Crippen molar-refractivity contribution < 1.29 is 0 Å². The van der Waals surface area contributed by atoms with Gasteiger partial charge >= 0.3 is 0 Å². The van der Waals surface area contributed by atoms with Gasteiger partial charge in [-0.05, 0) is 25.0 Å². The monoisotopic (exact) mass is 214 g/mol. The summed E-state index contributed by atoms with van der Waals surface area (Å²) in [6.45, 7) is 2.08. The third kappa shape index (κ3) is 1.44. The second-order valence-electron chi connectivity index (χ2n) is 4.41. The summed E-state index contributed by atoms with van der Waals surface area (Å²) in [5.41, 5.74) is 1.64. The average Bonchev–Trinajstić information content (AvgIpc) is 2.31. The van der Waals surface area contributed by atoms with Gasteiger partial charge in [0.2, 0.25) is 0 Å². The van der Waals surface area contributed by atoms with Gasteiger partial charge in [-0.15, -0.1) is 0 Å². The summed E-state index contributed by atoms with van der Waals surface area (Å²) in [5, 5.41) is 12.2. The smallest absolute Gasteiger partial charge is 0.140 e. The first kappa shape index (κ1) is 9.61. The molecule has 1 aromatic rings. The number of fused-ring (bicyclic) bond motifs is 1. The summed E-state index contributed by atoms with van der Waals surface area (Å²) in [5.74, 6) is 0. The number of aromatic nitrogens is 1. The van der Waals surface area contributed by atoms with Crippen LogP contribution in [0.4, 0.5) is 5.69 Å². The highest BCUT2D eigenvalue weighted by Crippen LogP contribution is 2.31. The molecule has 1 aliphatic heterocycles. The molecule has 82 valence electrons. The fourth-order valence-electron chi connectivity index (χ4n) is 2.57. The average molecular weight is 214 g/mol. The van der Waals surface area contributed by atoms with Crippen molar-refractivity contribution in [3.8, 4) is 6.07 Å². The van der Waals surface area contributed by atoms with Crippen molar-refractivity contribution in [2.24, 2.45) is 0 Å². The highest BCUT2D eigenvalue weighted by Gasteiger charge is 2.38. The number of rotatable bonds is 1. The third-order valence-electron chi connectivity index (χ3n) is 3.59. The topological polar surface area (TPSA) is 52.0 Å². The van der Waals surface area contributed by atoms with Crippen LogP contribution in [0.25, 0.3) is 0 Å². The van der Waals surface area contributed by atoms with Crippen molar-refractivity contribution in [2.75, 3.05) is 18.0 Å². The van der Waals surface area contributed by atoms with E-state index in [9.17, 15) is 0 Å². The first-order chi connectivity index (χ1) is 7.88. The predicted octanol–water partition coefficient (Wildman–Crippen LogP) is 0.894. The molecule has 1 N–H and O–H groups in total. The Morgan fingerprint density at radius 2 is 2.38 bits per heavy atom. The molecule has 2 aliphatic rings. The third-order valence-corrected chi connectivity index (χ3v) is 3.59. The Balaban J connectivity index is 1.83. The van der Waals surface area contributed by atoms with Crippen molar-refractivity contribution >= 4 is 5.69 Å². The maximum atomic E-state index is 8.71. The molecule has 0 amide bonds. The minimum Gasteiger partial charge on any atom is -0.364 e. The molecule has 4 heteroatoms. The molecule has 1 aromatic heterocycles. The van der Waals surface area contributed by atoms with Crippen molar-refractivity contribution in [3.63, 3.8) is 0 Å². The molecule has 0 spiro atoms. The lowest BCUT2D eigenvalue weighted by Crippen LogP contribution is -2.63. The molecule has 3 rings (SSSR count). The van der Waals surface area contributed by atoms with Crippen molar-refractivity contribution in [1.29, 1.82) is 5.26 Å². The van der Waals surface area contributed by atoms with Gasteiger partial charge in [0.05, 0.1) is 11.9 Å². The van der Waals surface area contributed by atoms with E-state index in [2.05, 4.69) is 15.2 Å². The van der Waals surface area contributed by atoms with Crippen molar-refractivity contribution in [3.05, 3.63) is 24.0 Å². The van der Waals surface area contributed by atoms with Crippen LogP contribution in [-0.4, -0.2) is 30.2 Å². The van der Waals surface area contributed by atoms with E-state index in [1.807, 2.05) is 18.3 Å². The molecule has 0 unspecified atom stereocenters. The van der Waals surface area contributed by atoms with E-state index >= 15 is 0 Å². The van der Waals surface area contributed by atoms with Crippen LogP contribution in [0.2, 0.25) is 0 Å². The molecule has 2 heterocycles. The van der Waals surface area contributed by atoms with E-state index in [0.29, 0.717) is 17.8 Å². The number of nitrogens with zero attached hydrogens (tertiary/aromatic N) is 3. The van der Waals surface area contributed by atoms with Crippen LogP contribution >= 0.6 is 0 Å². The number of hydrogen-bond donors (Lipinski definition) is 1. The van der Waals surface area contributed by atoms with Crippen LogP contribution in [-0.2, 0) is 0 Å². The van der Waals surface area contributed by atoms with Gasteiger partial charge in [0.15, 0.2) is 0 Å². The van der Waals surface area contributed by atoms with Crippen LogP contribution in [0.5, 0.6) is 0 Å². The van der Waals surface area contributed by atoms with Crippen molar-refractivity contribution in [1.82, 2.24) is 10.3 Å². The molecule has 16 heavy (non-hydrogen) atoms. The fraction of sp³-hybridized carbons (Fsp3) is 0.500. The van der Waals surface area contributed by atoms with Crippen molar-refractivity contribution in [2.45, 2.75) is 24.9 Å². The van der Waals surface area contributed by atoms with E-state index in [-0.39, 0.29) is 0 Å². The summed E-state index contributed by atoms with van der Waals surface area (Å²) in [6, 6.07) is 7.14. The molecular formula is C12H14N4. The van der Waals surface area contributed by atoms with Gasteiger partial charge in [-0.25, -0.2) is 4.98 Å². The van der Waals surface area contributed by atoms with Gasteiger partial charge in [-0.3, -0.25) is 0 Å². The Morgan fingerprint density at radius 3 is 3.00 bits per heavy atom.